The van der Waals surface area contributed by atoms with E-state index in [2.05, 4.69) is 20.0 Å². The first-order valence-electron chi connectivity index (χ1n) is 13.4. The molecule has 1 unspecified atom stereocenters. The fourth-order valence-electron chi connectivity index (χ4n) is 4.27. The molecule has 0 aliphatic carbocycles. The molecule has 2 N–H and O–H groups in total. The first kappa shape index (κ1) is 32.3. The van der Waals surface area contributed by atoms with Gasteiger partial charge in [-0.15, -0.1) is 0 Å². The van der Waals surface area contributed by atoms with Gasteiger partial charge in [0.05, 0.1) is 44.5 Å². The Kier molecular flexibility index (Phi) is 10.0. The zero-order valence-electron chi connectivity index (χ0n) is 24.5. The average Bonchev–Trinajstić information content (AvgIpc) is 3.54. The minimum atomic E-state index is -4.28. The Hall–Kier alpha value is -3.62. The van der Waals surface area contributed by atoms with Crippen molar-refractivity contribution in [3.63, 3.8) is 0 Å². The molecule has 3 heterocycles. The van der Waals surface area contributed by atoms with Gasteiger partial charge in [-0.3, -0.25) is 9.32 Å². The summed E-state index contributed by atoms with van der Waals surface area (Å²) in [5.74, 6) is -0.307. The normalized spacial score (nSPS) is 23.9. The Morgan fingerprint density at radius 3 is 2.58 bits per heavy atom. The number of carbonyl (C=O) groups excluding carboxylic acids is 1. The third-order valence-electron chi connectivity index (χ3n) is 6.41. The fraction of sp³-hybridized carbons (Fsp3) is 0.481. The zero-order valence-corrected chi connectivity index (χ0v) is 25.4. The van der Waals surface area contributed by atoms with Crippen molar-refractivity contribution in [1.29, 1.82) is 0 Å². The van der Waals surface area contributed by atoms with Crippen LogP contribution in [0, 0.1) is 0 Å². The van der Waals surface area contributed by atoms with Gasteiger partial charge in [0.1, 0.15) is 24.0 Å². The Labute approximate surface area is 248 Å². The van der Waals surface area contributed by atoms with Crippen LogP contribution in [0.3, 0.4) is 0 Å². The Morgan fingerprint density at radius 1 is 1.21 bits per heavy atom. The van der Waals surface area contributed by atoms with Gasteiger partial charge in [0.25, 0.3) is 0 Å². The second-order valence-electron chi connectivity index (χ2n) is 10.1. The molecule has 6 atom stereocenters. The van der Waals surface area contributed by atoms with E-state index >= 15 is 4.39 Å². The number of nitrogens with one attached hydrogen (secondary N) is 1. The van der Waals surface area contributed by atoms with Crippen molar-refractivity contribution in [2.45, 2.75) is 63.9 Å². The number of benzene rings is 1. The molecule has 14 nitrogen and oxygen atoms in total. The third kappa shape index (κ3) is 7.48. The predicted octanol–water partition coefficient (Wildman–Crippen LogP) is 3.48. The molecular formula is C27H35FN5O9P. The van der Waals surface area contributed by atoms with E-state index in [0.717, 1.165) is 0 Å². The number of alkyl halides is 1. The van der Waals surface area contributed by atoms with Crippen LogP contribution >= 0.6 is 7.75 Å². The molecule has 2 aromatic heterocycles. The van der Waals surface area contributed by atoms with Crippen molar-refractivity contribution < 1.29 is 46.9 Å². The van der Waals surface area contributed by atoms with Crippen LogP contribution in [-0.2, 0) is 23.4 Å². The monoisotopic (exact) mass is 623 g/mol. The molecule has 1 fully saturated rings. The smallest absolute Gasteiger partial charge is 0.459 e. The number of para-hydroxylation sites is 1. The molecule has 0 radical (unpaired) electrons. The van der Waals surface area contributed by atoms with E-state index in [1.807, 2.05) is 0 Å². The van der Waals surface area contributed by atoms with Crippen molar-refractivity contribution in [1.82, 2.24) is 24.6 Å². The number of rotatable bonds is 13. The van der Waals surface area contributed by atoms with E-state index in [9.17, 15) is 14.5 Å². The SMILES string of the molecule is COc1ncc(-c2cn([C@@H]3O[C@H](CO[P@@](=O)(N[C@@H](C)C(=O)OC(C)C)Oc4ccccc4)[C@H](O)C3(C)F)cn2)c(OC)n1. The van der Waals surface area contributed by atoms with Gasteiger partial charge in [0.2, 0.25) is 5.88 Å². The molecule has 234 valence electrons. The second kappa shape index (κ2) is 13.3. The number of esters is 1. The van der Waals surface area contributed by atoms with E-state index in [1.54, 1.807) is 44.2 Å². The topological polar surface area (TPSA) is 165 Å². The maximum absolute atomic E-state index is 15.9. The molecule has 1 aliphatic rings. The lowest BCUT2D eigenvalue weighted by atomic mass is 9.99. The van der Waals surface area contributed by atoms with Crippen LogP contribution in [0.15, 0.2) is 49.1 Å². The van der Waals surface area contributed by atoms with Crippen LogP contribution in [0.1, 0.15) is 33.9 Å². The number of aliphatic hydroxyl groups is 1. The van der Waals surface area contributed by atoms with Crippen LogP contribution in [0.2, 0.25) is 0 Å². The summed E-state index contributed by atoms with van der Waals surface area (Å²) in [4.78, 5) is 24.9. The van der Waals surface area contributed by atoms with Crippen molar-refractivity contribution in [3.8, 4) is 28.9 Å². The Morgan fingerprint density at radius 2 is 1.93 bits per heavy atom. The van der Waals surface area contributed by atoms with Gasteiger partial charge in [-0.05, 0) is 39.8 Å². The highest BCUT2D eigenvalue weighted by Crippen LogP contribution is 2.48. The molecular weight excluding hydrogens is 588 g/mol. The van der Waals surface area contributed by atoms with Gasteiger partial charge in [-0.25, -0.2) is 18.9 Å². The van der Waals surface area contributed by atoms with Gasteiger partial charge >= 0.3 is 19.7 Å². The lowest BCUT2D eigenvalue weighted by Crippen LogP contribution is -2.41. The molecule has 0 amide bonds. The van der Waals surface area contributed by atoms with Crippen molar-refractivity contribution in [3.05, 3.63) is 49.1 Å². The summed E-state index contributed by atoms with van der Waals surface area (Å²) >= 11 is 0. The number of methoxy groups -OCH3 is 2. The van der Waals surface area contributed by atoms with Gasteiger partial charge < -0.3 is 33.1 Å². The van der Waals surface area contributed by atoms with E-state index in [1.165, 1.54) is 51.4 Å². The maximum atomic E-state index is 15.9. The van der Waals surface area contributed by atoms with Crippen LogP contribution in [0.25, 0.3) is 11.3 Å². The molecule has 3 aromatic rings. The van der Waals surface area contributed by atoms with Crippen molar-refractivity contribution in [2.24, 2.45) is 0 Å². The van der Waals surface area contributed by atoms with Crippen LogP contribution < -0.4 is 19.1 Å². The summed E-state index contributed by atoms with van der Waals surface area (Å²) in [6, 6.07) is 7.15. The lowest BCUT2D eigenvalue weighted by molar-refractivity contribution is -0.149. The summed E-state index contributed by atoms with van der Waals surface area (Å²) in [6.45, 7) is 5.40. The molecule has 0 bridgehead atoms. The number of ether oxygens (including phenoxy) is 4. The van der Waals surface area contributed by atoms with Crippen LogP contribution in [0.4, 0.5) is 4.39 Å². The molecule has 4 rings (SSSR count). The summed E-state index contributed by atoms with van der Waals surface area (Å²) < 4.78 is 63.6. The van der Waals surface area contributed by atoms with Crippen LogP contribution in [0.5, 0.6) is 17.6 Å². The quantitative estimate of drug-likeness (QED) is 0.210. The van der Waals surface area contributed by atoms with Gasteiger partial charge in [0.15, 0.2) is 11.9 Å². The van der Waals surface area contributed by atoms with E-state index in [0.29, 0.717) is 11.3 Å². The Balaban J connectivity index is 1.52. The molecule has 0 spiro atoms. The van der Waals surface area contributed by atoms with Crippen molar-refractivity contribution >= 4 is 13.7 Å². The second-order valence-corrected chi connectivity index (χ2v) is 11.8. The molecule has 1 aliphatic heterocycles. The van der Waals surface area contributed by atoms with Gasteiger partial charge in [0, 0.05) is 12.4 Å². The summed E-state index contributed by atoms with van der Waals surface area (Å²) in [5, 5.41) is 13.4. The van der Waals surface area contributed by atoms with Crippen molar-refractivity contribution in [2.75, 3.05) is 20.8 Å². The third-order valence-corrected chi connectivity index (χ3v) is 8.05. The number of imidazole rings is 1. The van der Waals surface area contributed by atoms with E-state index in [4.69, 9.17) is 28.0 Å². The number of halogens is 1. The maximum Gasteiger partial charge on any atom is 0.459 e. The standard InChI is InChI=1S/C27H35FN5O9P/c1-16(2)40-24(35)17(3)32-43(36,42-18-10-8-7-9-11-18)39-14-21-22(34)27(4,28)25(41-21)33-13-20(30-15-33)19-12-29-26(38-6)31-23(19)37-5/h7-13,15-17,21-22,25,34H,14H2,1-6H3,(H,32,36)/t17-,21+,22-,25+,27?,43-/m0/s1. The summed E-state index contributed by atoms with van der Waals surface area (Å²) in [6.07, 6.45) is -0.473. The minimum Gasteiger partial charge on any atom is -0.480 e. The zero-order chi connectivity index (χ0) is 31.4. The fourth-order valence-corrected chi connectivity index (χ4v) is 5.77. The highest BCUT2D eigenvalue weighted by molar-refractivity contribution is 7.52. The first-order valence-corrected chi connectivity index (χ1v) is 14.9. The highest BCUT2D eigenvalue weighted by atomic mass is 31.2. The lowest BCUT2D eigenvalue weighted by Gasteiger charge is -2.25. The number of hydrogen-bond donors (Lipinski definition) is 2. The summed E-state index contributed by atoms with van der Waals surface area (Å²) in [7, 11) is -1.44. The molecule has 16 heteroatoms. The predicted molar refractivity (Wildman–Crippen MR) is 150 cm³/mol. The number of hydrogen-bond acceptors (Lipinski definition) is 12. The Bertz CT molecular complexity index is 1440. The average molecular weight is 624 g/mol. The first-order chi connectivity index (χ1) is 20.4. The van der Waals surface area contributed by atoms with Gasteiger partial charge in [-0.2, -0.15) is 10.1 Å². The van der Waals surface area contributed by atoms with Gasteiger partial charge in [-0.1, -0.05) is 18.2 Å². The van der Waals surface area contributed by atoms with E-state index < -0.39 is 56.6 Å². The molecule has 43 heavy (non-hydrogen) atoms. The summed E-state index contributed by atoms with van der Waals surface area (Å²) in [5.41, 5.74) is -1.56. The number of aliphatic hydroxyl groups excluding tert-OH is 1. The molecule has 1 aromatic carbocycles. The highest BCUT2D eigenvalue weighted by Gasteiger charge is 2.55. The molecule has 1 saturated heterocycles. The minimum absolute atomic E-state index is 0.0932. The van der Waals surface area contributed by atoms with Crippen LogP contribution in [-0.4, -0.2) is 81.4 Å². The number of aromatic nitrogens is 4. The number of carbonyl (C=O) groups is 1. The number of nitrogens with zero attached hydrogens (tertiary/aromatic N) is 4. The largest absolute Gasteiger partial charge is 0.480 e. The molecule has 0 saturated carbocycles. The van der Waals surface area contributed by atoms with E-state index in [-0.39, 0.29) is 17.6 Å².